The number of hydrogen-bond acceptors (Lipinski definition) is 4. The molecule has 1 aromatic rings. The maximum absolute atomic E-state index is 10.7. The van der Waals surface area contributed by atoms with Crippen LogP contribution in [0.2, 0.25) is 0 Å². The molecule has 1 N–H and O–H groups in total. The number of nitrogens with zero attached hydrogens (tertiary/aromatic N) is 2. The second-order valence-corrected chi connectivity index (χ2v) is 5.16. The highest BCUT2D eigenvalue weighted by Crippen LogP contribution is 2.34. The number of hydrogen-bond donors (Lipinski definition) is 1. The highest BCUT2D eigenvalue weighted by molar-refractivity contribution is 7.16. The van der Waals surface area contributed by atoms with E-state index >= 15 is 0 Å². The van der Waals surface area contributed by atoms with Crippen LogP contribution in [0.5, 0.6) is 0 Å². The molecule has 0 saturated heterocycles. The molecule has 0 aliphatic carbocycles. The first kappa shape index (κ1) is 14.3. The fourth-order valence-electron chi connectivity index (χ4n) is 1.63. The molecule has 18 heavy (non-hydrogen) atoms. The minimum atomic E-state index is -0.840. The molecule has 0 amide bonds. The lowest BCUT2D eigenvalue weighted by Gasteiger charge is -2.21. The third kappa shape index (κ3) is 3.11. The topological polar surface area (TPSA) is 64.3 Å². The lowest BCUT2D eigenvalue weighted by Crippen LogP contribution is -2.26. The van der Waals surface area contributed by atoms with Crippen LogP contribution >= 0.6 is 11.3 Å². The third-order valence-corrected chi connectivity index (χ3v) is 3.98. The second kappa shape index (κ2) is 6.22. The van der Waals surface area contributed by atoms with Gasteiger partial charge in [-0.15, -0.1) is 17.9 Å². The normalized spacial score (nSPS) is 9.83. The van der Waals surface area contributed by atoms with Crippen LogP contribution in [0.15, 0.2) is 12.7 Å². The maximum Gasteiger partial charge on any atom is 0.305 e. The minimum absolute atomic E-state index is 0.0503. The molecule has 0 spiro atoms. The summed E-state index contributed by atoms with van der Waals surface area (Å²) in [6.07, 6.45) is 1.77. The van der Waals surface area contributed by atoms with Crippen molar-refractivity contribution in [2.24, 2.45) is 0 Å². The molecule has 0 fully saturated rings. The van der Waals surface area contributed by atoms with Gasteiger partial charge in [0.15, 0.2) is 0 Å². The van der Waals surface area contributed by atoms with Crippen molar-refractivity contribution in [3.05, 3.63) is 28.7 Å². The van der Waals surface area contributed by atoms with Gasteiger partial charge in [-0.3, -0.25) is 4.79 Å². The Labute approximate surface area is 111 Å². The fourth-order valence-corrected chi connectivity index (χ4v) is 2.77. The van der Waals surface area contributed by atoms with Crippen LogP contribution in [0.4, 0.5) is 5.00 Å². The number of rotatable bonds is 6. The molecule has 4 nitrogen and oxygen atoms in total. The number of aliphatic carboxylic acids is 1. The van der Waals surface area contributed by atoms with E-state index in [2.05, 4.69) is 12.6 Å². The summed E-state index contributed by atoms with van der Waals surface area (Å²) < 4.78 is 0. The number of aryl methyl sites for hydroxylation is 1. The lowest BCUT2D eigenvalue weighted by molar-refractivity contribution is -0.136. The van der Waals surface area contributed by atoms with Gasteiger partial charge in [0.2, 0.25) is 0 Å². The molecule has 0 radical (unpaired) electrons. The van der Waals surface area contributed by atoms with Gasteiger partial charge >= 0.3 is 5.97 Å². The van der Waals surface area contributed by atoms with E-state index in [1.54, 1.807) is 6.08 Å². The van der Waals surface area contributed by atoms with Crippen LogP contribution in [0.25, 0.3) is 0 Å². The van der Waals surface area contributed by atoms with E-state index in [0.29, 0.717) is 18.7 Å². The van der Waals surface area contributed by atoms with Gasteiger partial charge < -0.3 is 10.0 Å². The fraction of sp³-hybridized carbons (Fsp3) is 0.385. The van der Waals surface area contributed by atoms with Gasteiger partial charge in [-0.25, -0.2) is 0 Å². The molecule has 0 aromatic carbocycles. The van der Waals surface area contributed by atoms with Crippen LogP contribution in [0.1, 0.15) is 22.4 Å². The Morgan fingerprint density at radius 3 is 2.78 bits per heavy atom. The number of carboxylic acids is 1. The van der Waals surface area contributed by atoms with Gasteiger partial charge in [0.25, 0.3) is 0 Å². The largest absolute Gasteiger partial charge is 0.481 e. The Morgan fingerprint density at radius 1 is 1.61 bits per heavy atom. The van der Waals surface area contributed by atoms with Crippen molar-refractivity contribution in [1.29, 1.82) is 5.26 Å². The predicted molar refractivity (Wildman–Crippen MR) is 73.2 cm³/mol. The van der Waals surface area contributed by atoms with Gasteiger partial charge in [0.1, 0.15) is 11.1 Å². The molecule has 0 aliphatic heterocycles. The summed E-state index contributed by atoms with van der Waals surface area (Å²) in [6.45, 7) is 8.48. The Kier molecular flexibility index (Phi) is 4.93. The van der Waals surface area contributed by atoms with Gasteiger partial charge in [0.05, 0.1) is 12.0 Å². The first-order chi connectivity index (χ1) is 8.51. The van der Waals surface area contributed by atoms with Crippen LogP contribution < -0.4 is 4.90 Å². The first-order valence-electron chi connectivity index (χ1n) is 5.59. The summed E-state index contributed by atoms with van der Waals surface area (Å²) in [5.41, 5.74) is 1.62. The van der Waals surface area contributed by atoms with E-state index in [4.69, 9.17) is 5.11 Å². The Bertz CT molecular complexity index is 500. The molecule has 1 rings (SSSR count). The molecule has 0 bridgehead atoms. The minimum Gasteiger partial charge on any atom is -0.481 e. The Morgan fingerprint density at radius 2 is 2.28 bits per heavy atom. The van der Waals surface area contributed by atoms with Crippen molar-refractivity contribution in [3.8, 4) is 6.07 Å². The zero-order valence-corrected chi connectivity index (χ0v) is 11.4. The highest BCUT2D eigenvalue weighted by atomic mass is 32.1. The van der Waals surface area contributed by atoms with Crippen LogP contribution in [-0.2, 0) is 4.79 Å². The van der Waals surface area contributed by atoms with Gasteiger partial charge in [-0.05, 0) is 19.4 Å². The quantitative estimate of drug-likeness (QED) is 0.802. The molecule has 0 aliphatic rings. The zero-order valence-electron chi connectivity index (χ0n) is 10.6. The van der Waals surface area contributed by atoms with E-state index in [1.165, 1.54) is 11.3 Å². The van der Waals surface area contributed by atoms with Crippen molar-refractivity contribution >= 4 is 22.3 Å². The number of carboxylic acid groups (broad SMARTS) is 1. The van der Waals surface area contributed by atoms with Gasteiger partial charge in [-0.2, -0.15) is 5.26 Å². The summed E-state index contributed by atoms with van der Waals surface area (Å²) in [5.74, 6) is -0.840. The summed E-state index contributed by atoms with van der Waals surface area (Å²) in [4.78, 5) is 13.6. The highest BCUT2D eigenvalue weighted by Gasteiger charge is 2.18. The predicted octanol–water partition coefficient (Wildman–Crippen LogP) is 2.70. The maximum atomic E-state index is 10.7. The average Bonchev–Trinajstić information content (AvgIpc) is 2.60. The Balaban J connectivity index is 3.05. The molecular weight excluding hydrogens is 248 g/mol. The monoisotopic (exact) mass is 264 g/mol. The number of nitriles is 1. The van der Waals surface area contributed by atoms with E-state index in [0.717, 1.165) is 15.4 Å². The lowest BCUT2D eigenvalue weighted by atomic mass is 10.2. The molecule has 5 heteroatoms. The average molecular weight is 264 g/mol. The van der Waals surface area contributed by atoms with Crippen LogP contribution in [0.3, 0.4) is 0 Å². The molecule has 1 aromatic heterocycles. The summed E-state index contributed by atoms with van der Waals surface area (Å²) >= 11 is 1.53. The SMILES string of the molecule is C=CCN(CCC(=O)O)c1sc(C)c(C)c1C#N. The molecule has 0 atom stereocenters. The van der Waals surface area contributed by atoms with Crippen molar-refractivity contribution in [3.63, 3.8) is 0 Å². The summed E-state index contributed by atoms with van der Waals surface area (Å²) in [6, 6.07) is 2.20. The molecular formula is C13H16N2O2S. The first-order valence-corrected chi connectivity index (χ1v) is 6.40. The van der Waals surface area contributed by atoms with Crippen molar-refractivity contribution in [1.82, 2.24) is 0 Å². The van der Waals surface area contributed by atoms with Crippen molar-refractivity contribution in [2.45, 2.75) is 20.3 Å². The van der Waals surface area contributed by atoms with Crippen LogP contribution in [0, 0.1) is 25.2 Å². The number of thiophene rings is 1. The van der Waals surface area contributed by atoms with E-state index < -0.39 is 5.97 Å². The van der Waals surface area contributed by atoms with Crippen molar-refractivity contribution in [2.75, 3.05) is 18.0 Å². The molecule has 0 unspecified atom stereocenters. The summed E-state index contributed by atoms with van der Waals surface area (Å²) in [5, 5.41) is 18.8. The van der Waals surface area contributed by atoms with Crippen LogP contribution in [-0.4, -0.2) is 24.2 Å². The molecule has 1 heterocycles. The third-order valence-electron chi connectivity index (χ3n) is 2.71. The standard InChI is InChI=1S/C13H16N2O2S/c1-4-6-15(7-5-12(16)17)13-11(8-14)9(2)10(3)18-13/h4H,1,5-7H2,2-3H3,(H,16,17). The summed E-state index contributed by atoms with van der Waals surface area (Å²) in [7, 11) is 0. The number of carbonyl (C=O) groups is 1. The van der Waals surface area contributed by atoms with Crippen molar-refractivity contribution < 1.29 is 9.90 Å². The Hall–Kier alpha value is -1.80. The van der Waals surface area contributed by atoms with E-state index in [-0.39, 0.29) is 6.42 Å². The van der Waals surface area contributed by atoms with Gasteiger partial charge in [-0.1, -0.05) is 6.08 Å². The van der Waals surface area contributed by atoms with Gasteiger partial charge in [0, 0.05) is 18.0 Å². The number of anilines is 1. The smallest absolute Gasteiger partial charge is 0.305 e. The zero-order chi connectivity index (χ0) is 13.7. The van der Waals surface area contributed by atoms with E-state index in [1.807, 2.05) is 18.7 Å². The molecule has 96 valence electrons. The second-order valence-electron chi connectivity index (χ2n) is 3.95. The van der Waals surface area contributed by atoms with E-state index in [9.17, 15) is 10.1 Å². The molecule has 0 saturated carbocycles.